The Kier molecular flexibility index (Phi) is 13.0. The van der Waals surface area contributed by atoms with Crippen molar-refractivity contribution in [2.45, 2.75) is 112 Å². The molecule has 3 rings (SSSR count). The first-order chi connectivity index (χ1) is 15.8. The molecule has 4 unspecified atom stereocenters. The zero-order valence-corrected chi connectivity index (χ0v) is 22.2. The van der Waals surface area contributed by atoms with Gasteiger partial charge in [-0.05, 0) is 49.0 Å². The van der Waals surface area contributed by atoms with E-state index >= 15 is 0 Å². The Morgan fingerprint density at radius 2 is 1.85 bits per heavy atom. The van der Waals surface area contributed by atoms with E-state index in [9.17, 15) is 14.7 Å². The van der Waals surface area contributed by atoms with E-state index in [2.05, 4.69) is 32.1 Å². The smallest absolute Gasteiger partial charge is 0.308 e. The third-order valence-corrected chi connectivity index (χ3v) is 6.93. The van der Waals surface area contributed by atoms with Crippen LogP contribution in [0.25, 0.3) is 0 Å². The molecule has 1 heterocycles. The number of carbonyl (C=O) groups excluding carboxylic acids is 2. The second kappa shape index (κ2) is 14.6. The van der Waals surface area contributed by atoms with Crippen LogP contribution in [0.3, 0.4) is 0 Å². The molecule has 190 valence electrons. The van der Waals surface area contributed by atoms with Gasteiger partial charge in [0.15, 0.2) is 0 Å². The number of aliphatic hydroxyl groups is 1. The molecule has 0 bridgehead atoms. The molecule has 0 aromatic rings. The van der Waals surface area contributed by atoms with Crippen LogP contribution in [0.4, 0.5) is 0 Å². The molecule has 0 saturated carbocycles. The van der Waals surface area contributed by atoms with Crippen LogP contribution in [0.15, 0.2) is 23.8 Å². The Hall–Kier alpha value is -1.62. The van der Waals surface area contributed by atoms with Crippen molar-refractivity contribution in [1.29, 1.82) is 0 Å². The van der Waals surface area contributed by atoms with Gasteiger partial charge in [-0.3, -0.25) is 9.59 Å². The molecule has 0 aromatic heterocycles. The number of hydrogen-bond acceptors (Lipinski definition) is 5. The van der Waals surface area contributed by atoms with Gasteiger partial charge in [0, 0.05) is 12.3 Å². The molecule has 3 aliphatic rings. The highest BCUT2D eigenvalue weighted by molar-refractivity contribution is 5.72. The van der Waals surface area contributed by atoms with Gasteiger partial charge in [-0.2, -0.15) is 0 Å². The zero-order chi connectivity index (χ0) is 25.1. The van der Waals surface area contributed by atoms with E-state index in [0.29, 0.717) is 24.2 Å². The summed E-state index contributed by atoms with van der Waals surface area (Å²) in [6.07, 6.45) is 9.70. The summed E-state index contributed by atoms with van der Waals surface area (Å²) in [6, 6.07) is 0. The average Bonchev–Trinajstić information content (AvgIpc) is 2.80. The van der Waals surface area contributed by atoms with Crippen LogP contribution in [-0.2, 0) is 19.1 Å². The number of hydrogen-bond donors (Lipinski definition) is 1. The van der Waals surface area contributed by atoms with E-state index in [-0.39, 0.29) is 42.4 Å². The number of fused-ring (bicyclic) bond motifs is 1. The van der Waals surface area contributed by atoms with Crippen molar-refractivity contribution in [2.75, 3.05) is 0 Å². The number of ether oxygens (including phenoxy) is 2. The van der Waals surface area contributed by atoms with E-state index in [1.165, 1.54) is 5.57 Å². The fourth-order valence-electron chi connectivity index (χ4n) is 5.07. The molecule has 1 saturated heterocycles. The van der Waals surface area contributed by atoms with Crippen LogP contribution in [0, 0.1) is 29.6 Å². The maximum atomic E-state index is 12.5. The first kappa shape index (κ1) is 29.4. The molecular weight excluding hydrogens is 416 g/mol. The summed E-state index contributed by atoms with van der Waals surface area (Å²) in [4.78, 5) is 24.2. The van der Waals surface area contributed by atoms with Crippen molar-refractivity contribution in [1.82, 2.24) is 0 Å². The predicted octanol–water partition coefficient (Wildman–Crippen LogP) is 6.25. The Balaban J connectivity index is 0.00000129. The van der Waals surface area contributed by atoms with Crippen molar-refractivity contribution >= 4 is 11.9 Å². The molecular formula is C28H48O5. The molecule has 1 aliphatic heterocycles. The van der Waals surface area contributed by atoms with Crippen molar-refractivity contribution in [3.05, 3.63) is 23.8 Å². The highest BCUT2D eigenvalue weighted by Gasteiger charge is 2.42. The summed E-state index contributed by atoms with van der Waals surface area (Å²) in [5.74, 6) is 0.755. The lowest BCUT2D eigenvalue weighted by molar-refractivity contribution is -0.162. The third-order valence-electron chi connectivity index (χ3n) is 6.93. The summed E-state index contributed by atoms with van der Waals surface area (Å²) < 4.78 is 11.5. The molecule has 1 fully saturated rings. The number of rotatable bonds is 6. The predicted molar refractivity (Wildman–Crippen MR) is 134 cm³/mol. The maximum absolute atomic E-state index is 12.5. The SMILES string of the molecule is CC.CC.CC[C@H](C)C(=O)O[C@H]1C[C@@H](C)C=C2C=CC(C)C(CC[C@@H]3CC(O)CC(=O)O3)C21. The second-order valence-electron chi connectivity index (χ2n) is 9.36. The second-order valence-corrected chi connectivity index (χ2v) is 9.36. The Morgan fingerprint density at radius 3 is 2.45 bits per heavy atom. The van der Waals surface area contributed by atoms with Crippen molar-refractivity contribution in [3.8, 4) is 0 Å². The van der Waals surface area contributed by atoms with Crippen molar-refractivity contribution in [2.24, 2.45) is 29.6 Å². The lowest BCUT2D eigenvalue weighted by Crippen LogP contribution is -2.42. The highest BCUT2D eigenvalue weighted by atomic mass is 16.5. The van der Waals surface area contributed by atoms with Gasteiger partial charge in [0.05, 0.1) is 18.4 Å². The molecule has 1 N–H and O–H groups in total. The molecule has 5 nitrogen and oxygen atoms in total. The Labute approximate surface area is 202 Å². The van der Waals surface area contributed by atoms with E-state index in [0.717, 1.165) is 25.7 Å². The van der Waals surface area contributed by atoms with E-state index < -0.39 is 6.10 Å². The van der Waals surface area contributed by atoms with Gasteiger partial charge >= 0.3 is 11.9 Å². The lowest BCUT2D eigenvalue weighted by Gasteiger charge is -2.43. The van der Waals surface area contributed by atoms with Gasteiger partial charge in [0.2, 0.25) is 0 Å². The summed E-state index contributed by atoms with van der Waals surface area (Å²) in [6.45, 7) is 16.3. The van der Waals surface area contributed by atoms with Gasteiger partial charge in [-0.25, -0.2) is 0 Å². The van der Waals surface area contributed by atoms with Crippen LogP contribution in [0.2, 0.25) is 0 Å². The van der Waals surface area contributed by atoms with Crippen LogP contribution < -0.4 is 0 Å². The van der Waals surface area contributed by atoms with Gasteiger partial charge in [-0.1, -0.05) is 73.6 Å². The van der Waals surface area contributed by atoms with E-state index in [1.54, 1.807) is 0 Å². The number of aliphatic hydroxyl groups excluding tert-OH is 1. The van der Waals surface area contributed by atoms with Gasteiger partial charge in [0.1, 0.15) is 12.2 Å². The first-order valence-electron chi connectivity index (χ1n) is 13.3. The standard InChI is InChI=1S/C24H36O5.2C2H6/c1-5-15(3)24(27)29-21-11-14(2)10-17-7-6-16(4)20(23(17)21)9-8-19-12-18(25)13-22(26)28-19;2*1-2/h6-7,10,14-16,18-21,23,25H,5,8-9,11-13H2,1-4H3;2*1-2H3/t14-,15-,16?,18?,19+,20?,21-,23?;;/m0../s1. The van der Waals surface area contributed by atoms with Gasteiger partial charge in [-0.15, -0.1) is 0 Å². The summed E-state index contributed by atoms with van der Waals surface area (Å²) >= 11 is 0. The molecule has 0 amide bonds. The number of carbonyl (C=O) groups is 2. The lowest BCUT2D eigenvalue weighted by atomic mass is 9.65. The maximum Gasteiger partial charge on any atom is 0.308 e. The fourth-order valence-corrected chi connectivity index (χ4v) is 5.07. The zero-order valence-electron chi connectivity index (χ0n) is 22.2. The number of esters is 2. The molecule has 5 heteroatoms. The van der Waals surface area contributed by atoms with Crippen LogP contribution >= 0.6 is 0 Å². The highest BCUT2D eigenvalue weighted by Crippen LogP contribution is 2.45. The quantitative estimate of drug-likeness (QED) is 0.471. The van der Waals surface area contributed by atoms with Gasteiger partial charge in [0.25, 0.3) is 0 Å². The van der Waals surface area contributed by atoms with E-state index in [1.807, 2.05) is 41.5 Å². The third kappa shape index (κ3) is 8.27. The number of allylic oxidation sites excluding steroid dienone is 3. The normalized spacial score (nSPS) is 33.7. The summed E-state index contributed by atoms with van der Waals surface area (Å²) in [5, 5.41) is 9.89. The molecule has 33 heavy (non-hydrogen) atoms. The minimum atomic E-state index is -0.597. The van der Waals surface area contributed by atoms with Gasteiger partial charge < -0.3 is 14.6 Å². The minimum absolute atomic E-state index is 0.0854. The fraction of sp³-hybridized carbons (Fsp3) is 0.786. The Bertz CT molecular complexity index is 667. The summed E-state index contributed by atoms with van der Waals surface area (Å²) in [5.41, 5.74) is 1.27. The van der Waals surface area contributed by atoms with Crippen LogP contribution in [0.1, 0.15) is 93.9 Å². The largest absolute Gasteiger partial charge is 0.462 e. The van der Waals surface area contributed by atoms with Crippen molar-refractivity contribution < 1.29 is 24.2 Å². The molecule has 0 spiro atoms. The Morgan fingerprint density at radius 1 is 1.18 bits per heavy atom. The van der Waals surface area contributed by atoms with E-state index in [4.69, 9.17) is 9.47 Å². The summed E-state index contributed by atoms with van der Waals surface area (Å²) in [7, 11) is 0. The molecule has 2 aliphatic carbocycles. The number of cyclic esters (lactones) is 1. The first-order valence-corrected chi connectivity index (χ1v) is 13.3. The van der Waals surface area contributed by atoms with Crippen LogP contribution in [0.5, 0.6) is 0 Å². The molecule has 8 atom stereocenters. The molecule has 0 aromatic carbocycles. The van der Waals surface area contributed by atoms with Crippen LogP contribution in [-0.4, -0.2) is 35.4 Å². The minimum Gasteiger partial charge on any atom is -0.462 e. The topological polar surface area (TPSA) is 72.8 Å². The monoisotopic (exact) mass is 464 g/mol. The molecule has 0 radical (unpaired) electrons. The van der Waals surface area contributed by atoms with Crippen molar-refractivity contribution in [3.63, 3.8) is 0 Å². The average molecular weight is 465 g/mol.